The summed E-state index contributed by atoms with van der Waals surface area (Å²) in [5, 5.41) is 0. The number of amides is 1. The predicted molar refractivity (Wildman–Crippen MR) is 107 cm³/mol. The van der Waals surface area contributed by atoms with Gasteiger partial charge in [-0.3, -0.25) is 28.8 Å². The van der Waals surface area contributed by atoms with Gasteiger partial charge in [-0.05, 0) is 26.8 Å². The van der Waals surface area contributed by atoms with Gasteiger partial charge in [0.05, 0.1) is 19.7 Å². The Labute approximate surface area is 164 Å². The lowest BCUT2D eigenvalue weighted by atomic mass is 10.2. The van der Waals surface area contributed by atoms with E-state index in [1.807, 2.05) is 13.8 Å². The van der Waals surface area contributed by atoms with E-state index in [9.17, 15) is 19.2 Å². The van der Waals surface area contributed by atoms with Gasteiger partial charge in [0.15, 0.2) is 5.69 Å². The Morgan fingerprint density at radius 3 is 2.39 bits per heavy atom. The molecule has 1 amide bonds. The molecule has 10 heteroatoms. The third kappa shape index (κ3) is 6.22. The van der Waals surface area contributed by atoms with E-state index >= 15 is 0 Å². The van der Waals surface area contributed by atoms with E-state index in [2.05, 4.69) is 4.98 Å². The van der Waals surface area contributed by atoms with Crippen LogP contribution >= 0.6 is 0 Å². The van der Waals surface area contributed by atoms with Crippen molar-refractivity contribution in [1.82, 2.24) is 14.5 Å². The second kappa shape index (κ2) is 11.3. The van der Waals surface area contributed by atoms with Crippen molar-refractivity contribution in [2.75, 3.05) is 43.9 Å². The molecular formula is C18H31N5O5. The van der Waals surface area contributed by atoms with Crippen molar-refractivity contribution in [3.05, 3.63) is 20.8 Å². The van der Waals surface area contributed by atoms with Crippen LogP contribution in [0.3, 0.4) is 0 Å². The van der Waals surface area contributed by atoms with Crippen molar-refractivity contribution in [2.45, 2.75) is 46.6 Å². The third-order valence-electron chi connectivity index (χ3n) is 4.08. The van der Waals surface area contributed by atoms with Gasteiger partial charge in [-0.1, -0.05) is 20.3 Å². The number of likely N-dealkylation sites (N-methyl/N-ethyl adjacent to an activating group) is 1. The summed E-state index contributed by atoms with van der Waals surface area (Å²) in [7, 11) is 1.61. The molecule has 1 aromatic rings. The number of unbranched alkanes of at least 4 members (excludes halogenated alkanes) is 1. The summed E-state index contributed by atoms with van der Waals surface area (Å²) < 4.78 is 6.13. The van der Waals surface area contributed by atoms with Crippen molar-refractivity contribution in [1.29, 1.82) is 0 Å². The molecule has 0 aromatic carbocycles. The number of anilines is 2. The first-order valence-corrected chi connectivity index (χ1v) is 9.53. The molecular weight excluding hydrogens is 366 g/mol. The van der Waals surface area contributed by atoms with Gasteiger partial charge in [0.1, 0.15) is 5.82 Å². The molecule has 0 aliphatic rings. The molecule has 1 heterocycles. The van der Waals surface area contributed by atoms with E-state index in [4.69, 9.17) is 10.5 Å². The minimum atomic E-state index is -0.702. The lowest BCUT2D eigenvalue weighted by Gasteiger charge is -2.26. The molecule has 0 unspecified atom stereocenters. The summed E-state index contributed by atoms with van der Waals surface area (Å²) in [6, 6.07) is 0. The van der Waals surface area contributed by atoms with Gasteiger partial charge >= 0.3 is 11.7 Å². The zero-order chi connectivity index (χ0) is 21.3. The quantitative estimate of drug-likeness (QED) is 0.508. The zero-order valence-electron chi connectivity index (χ0n) is 17.1. The minimum Gasteiger partial charge on any atom is -0.465 e. The van der Waals surface area contributed by atoms with Crippen LogP contribution in [0.15, 0.2) is 9.59 Å². The van der Waals surface area contributed by atoms with Crippen molar-refractivity contribution in [2.24, 2.45) is 0 Å². The standard InChI is InChI=1S/C18H31N5O5/c1-5-8-10-22(13(24)11-21(4)12-14(25)28-7-3)15-16(19)23(9-6-2)18(27)20-17(15)26/h5-12,19H2,1-4H3,(H,20,26,27). The molecule has 0 bridgehead atoms. The molecule has 10 nitrogen and oxygen atoms in total. The van der Waals surface area contributed by atoms with E-state index in [0.29, 0.717) is 19.4 Å². The maximum Gasteiger partial charge on any atom is 0.330 e. The predicted octanol–water partition coefficient (Wildman–Crippen LogP) is 0.157. The Bertz CT molecular complexity index is 786. The van der Waals surface area contributed by atoms with E-state index in [1.165, 1.54) is 14.4 Å². The van der Waals surface area contributed by atoms with Gasteiger partial charge in [0.25, 0.3) is 5.56 Å². The maximum absolute atomic E-state index is 12.9. The molecule has 28 heavy (non-hydrogen) atoms. The molecule has 0 fully saturated rings. The number of nitrogens with zero attached hydrogens (tertiary/aromatic N) is 3. The van der Waals surface area contributed by atoms with E-state index in [1.54, 1.807) is 14.0 Å². The Morgan fingerprint density at radius 1 is 1.14 bits per heavy atom. The van der Waals surface area contributed by atoms with E-state index < -0.39 is 17.2 Å². The molecule has 158 valence electrons. The number of esters is 1. The fraction of sp³-hybridized carbons (Fsp3) is 0.667. The van der Waals surface area contributed by atoms with Crippen molar-refractivity contribution >= 4 is 23.4 Å². The van der Waals surface area contributed by atoms with Gasteiger partial charge in [-0.2, -0.15) is 0 Å². The second-order valence-electron chi connectivity index (χ2n) is 6.52. The van der Waals surface area contributed by atoms with Gasteiger partial charge in [-0.15, -0.1) is 0 Å². The van der Waals surface area contributed by atoms with Crippen LogP contribution in [-0.2, 0) is 20.9 Å². The number of carbonyl (C=O) groups is 2. The summed E-state index contributed by atoms with van der Waals surface area (Å²) in [5.74, 6) is -0.862. The fourth-order valence-electron chi connectivity index (χ4n) is 2.76. The van der Waals surface area contributed by atoms with Gasteiger partial charge in [-0.25, -0.2) is 4.79 Å². The number of nitrogens with one attached hydrogen (secondary N) is 1. The lowest BCUT2D eigenvalue weighted by molar-refractivity contribution is -0.144. The minimum absolute atomic E-state index is 0.0314. The number of nitrogen functional groups attached to an aromatic ring is 1. The molecule has 0 aliphatic carbocycles. The topological polar surface area (TPSA) is 131 Å². The Hall–Kier alpha value is -2.62. The van der Waals surface area contributed by atoms with Crippen LogP contribution in [0.2, 0.25) is 0 Å². The fourth-order valence-corrected chi connectivity index (χ4v) is 2.76. The Kier molecular flexibility index (Phi) is 9.43. The van der Waals surface area contributed by atoms with Crippen molar-refractivity contribution in [3.8, 4) is 0 Å². The molecule has 0 saturated heterocycles. The Balaban J connectivity index is 3.19. The van der Waals surface area contributed by atoms with Crippen LogP contribution in [0, 0.1) is 0 Å². The normalized spacial score (nSPS) is 10.9. The molecule has 1 rings (SSSR count). The first-order valence-electron chi connectivity index (χ1n) is 9.53. The summed E-state index contributed by atoms with van der Waals surface area (Å²) in [5.41, 5.74) is 4.76. The van der Waals surface area contributed by atoms with Crippen molar-refractivity contribution in [3.63, 3.8) is 0 Å². The number of nitrogens with two attached hydrogens (primary N) is 1. The van der Waals surface area contributed by atoms with Crippen LogP contribution in [-0.4, -0.2) is 59.6 Å². The average Bonchev–Trinajstić information content (AvgIpc) is 2.61. The molecule has 3 N–H and O–H groups in total. The number of ether oxygens (including phenoxy) is 1. The lowest BCUT2D eigenvalue weighted by Crippen LogP contribution is -2.45. The monoisotopic (exact) mass is 397 g/mol. The van der Waals surface area contributed by atoms with Crippen molar-refractivity contribution < 1.29 is 14.3 Å². The number of carbonyl (C=O) groups excluding carboxylic acids is 2. The molecule has 0 spiro atoms. The van der Waals surface area contributed by atoms with Gasteiger partial charge < -0.3 is 15.4 Å². The highest BCUT2D eigenvalue weighted by Gasteiger charge is 2.25. The van der Waals surface area contributed by atoms with E-state index in [-0.39, 0.29) is 43.7 Å². The number of rotatable bonds is 11. The molecule has 1 aromatic heterocycles. The highest BCUT2D eigenvalue weighted by atomic mass is 16.5. The highest BCUT2D eigenvalue weighted by molar-refractivity contribution is 5.97. The highest BCUT2D eigenvalue weighted by Crippen LogP contribution is 2.18. The SMILES string of the molecule is CCCCN(C(=O)CN(C)CC(=O)OCC)c1c(N)n(CCC)c(=O)[nH]c1=O. The number of aromatic amines is 1. The third-order valence-corrected chi connectivity index (χ3v) is 4.08. The maximum atomic E-state index is 12.9. The molecule has 0 atom stereocenters. The van der Waals surface area contributed by atoms with Gasteiger partial charge in [0, 0.05) is 13.1 Å². The van der Waals surface area contributed by atoms with Crippen LogP contribution in [0.25, 0.3) is 0 Å². The summed E-state index contributed by atoms with van der Waals surface area (Å²) in [6.07, 6.45) is 2.09. The van der Waals surface area contributed by atoms with E-state index in [0.717, 1.165) is 6.42 Å². The smallest absolute Gasteiger partial charge is 0.330 e. The number of hydrogen-bond acceptors (Lipinski definition) is 7. The first-order chi connectivity index (χ1) is 13.3. The van der Waals surface area contributed by atoms with Crippen LogP contribution in [0.4, 0.5) is 11.5 Å². The second-order valence-corrected chi connectivity index (χ2v) is 6.52. The van der Waals surface area contributed by atoms with Crippen LogP contribution in [0.5, 0.6) is 0 Å². The number of hydrogen-bond donors (Lipinski definition) is 2. The first kappa shape index (κ1) is 23.4. The largest absolute Gasteiger partial charge is 0.465 e. The van der Waals surface area contributed by atoms with Crippen LogP contribution in [0.1, 0.15) is 40.0 Å². The Morgan fingerprint density at radius 2 is 1.82 bits per heavy atom. The molecule has 0 radical (unpaired) electrons. The average molecular weight is 397 g/mol. The van der Waals surface area contributed by atoms with Gasteiger partial charge in [0.2, 0.25) is 5.91 Å². The summed E-state index contributed by atoms with van der Waals surface area (Å²) in [6.45, 7) is 6.25. The summed E-state index contributed by atoms with van der Waals surface area (Å²) >= 11 is 0. The summed E-state index contributed by atoms with van der Waals surface area (Å²) in [4.78, 5) is 54.0. The number of H-pyrrole nitrogens is 1. The number of aromatic nitrogens is 2. The van der Waals surface area contributed by atoms with Crippen LogP contribution < -0.4 is 21.9 Å². The molecule has 0 aliphatic heterocycles. The molecule has 0 saturated carbocycles. The zero-order valence-corrected chi connectivity index (χ0v) is 17.1.